The van der Waals surface area contributed by atoms with Crippen molar-refractivity contribution in [3.63, 3.8) is 0 Å². The van der Waals surface area contributed by atoms with E-state index in [9.17, 15) is 0 Å². The third-order valence-corrected chi connectivity index (χ3v) is 2.96. The van der Waals surface area contributed by atoms with Crippen LogP contribution in [0.4, 0.5) is 11.4 Å². The molecule has 0 spiro atoms. The van der Waals surface area contributed by atoms with Gasteiger partial charge in [-0.05, 0) is 36.2 Å². The fraction of sp³-hybridized carbons (Fsp3) is 0.133. The maximum Gasteiger partial charge on any atom is 0.200 e. The second kappa shape index (κ2) is 4.53. The van der Waals surface area contributed by atoms with Gasteiger partial charge in [0.1, 0.15) is 0 Å². The number of benzene rings is 2. The summed E-state index contributed by atoms with van der Waals surface area (Å²) in [6.07, 6.45) is 0. The highest BCUT2D eigenvalue weighted by Crippen LogP contribution is 2.20. The number of para-hydroxylation sites is 1. The number of guanidine groups is 1. The van der Waals surface area contributed by atoms with Gasteiger partial charge in [0.05, 0.1) is 6.54 Å². The molecule has 3 heteroatoms. The Labute approximate surface area is 107 Å². The highest BCUT2D eigenvalue weighted by atomic mass is 15.2. The van der Waals surface area contributed by atoms with Crippen LogP contribution in [-0.2, 0) is 6.54 Å². The van der Waals surface area contributed by atoms with Crippen LogP contribution in [0.2, 0.25) is 0 Å². The van der Waals surface area contributed by atoms with Crippen LogP contribution in [0.15, 0.2) is 53.5 Å². The van der Waals surface area contributed by atoms with E-state index in [2.05, 4.69) is 46.8 Å². The molecule has 3 nitrogen and oxygen atoms in total. The molecule has 2 N–H and O–H groups in total. The Morgan fingerprint density at radius 2 is 2.00 bits per heavy atom. The Morgan fingerprint density at radius 3 is 2.89 bits per heavy atom. The topological polar surface area (TPSA) is 36.4 Å². The highest BCUT2D eigenvalue weighted by Gasteiger charge is 2.10. The summed E-state index contributed by atoms with van der Waals surface area (Å²) < 4.78 is 0. The van der Waals surface area contributed by atoms with E-state index in [1.165, 1.54) is 11.1 Å². The fourth-order valence-corrected chi connectivity index (χ4v) is 2.04. The predicted molar refractivity (Wildman–Crippen MR) is 76.0 cm³/mol. The van der Waals surface area contributed by atoms with Crippen LogP contribution in [0.5, 0.6) is 0 Å². The predicted octanol–water partition coefficient (Wildman–Crippen LogP) is 3.39. The van der Waals surface area contributed by atoms with E-state index in [1.54, 1.807) is 0 Å². The molecule has 0 bridgehead atoms. The Morgan fingerprint density at radius 1 is 1.11 bits per heavy atom. The number of nitrogens with one attached hydrogen (secondary N) is 2. The lowest BCUT2D eigenvalue weighted by atomic mass is 10.1. The first-order chi connectivity index (χ1) is 8.81. The molecule has 0 atom stereocenters. The van der Waals surface area contributed by atoms with Gasteiger partial charge in [0.25, 0.3) is 0 Å². The summed E-state index contributed by atoms with van der Waals surface area (Å²) in [6, 6.07) is 16.5. The number of rotatable bonds is 1. The summed E-state index contributed by atoms with van der Waals surface area (Å²) >= 11 is 0. The highest BCUT2D eigenvalue weighted by molar-refractivity contribution is 6.05. The molecule has 0 unspecified atom stereocenters. The van der Waals surface area contributed by atoms with E-state index in [0.29, 0.717) is 0 Å². The fourth-order valence-electron chi connectivity index (χ4n) is 2.04. The number of anilines is 2. The van der Waals surface area contributed by atoms with Gasteiger partial charge in [-0.15, -0.1) is 0 Å². The van der Waals surface area contributed by atoms with Crippen molar-refractivity contribution in [1.82, 2.24) is 0 Å². The van der Waals surface area contributed by atoms with Crippen molar-refractivity contribution in [3.8, 4) is 0 Å². The Balaban J connectivity index is 1.78. The zero-order valence-electron chi connectivity index (χ0n) is 10.3. The molecule has 1 aliphatic rings. The van der Waals surface area contributed by atoms with Gasteiger partial charge in [-0.25, -0.2) is 4.99 Å². The molecule has 0 saturated heterocycles. The molecule has 1 heterocycles. The summed E-state index contributed by atoms with van der Waals surface area (Å²) in [6.45, 7) is 2.80. The molecule has 90 valence electrons. The van der Waals surface area contributed by atoms with Crippen molar-refractivity contribution in [2.75, 3.05) is 10.6 Å². The molecule has 0 saturated carbocycles. The molecular formula is C15H15N3. The first kappa shape index (κ1) is 10.8. The molecule has 0 fully saturated rings. The van der Waals surface area contributed by atoms with Crippen LogP contribution in [-0.4, -0.2) is 5.96 Å². The van der Waals surface area contributed by atoms with Crippen LogP contribution in [0.3, 0.4) is 0 Å². The monoisotopic (exact) mass is 237 g/mol. The summed E-state index contributed by atoms with van der Waals surface area (Å²) in [7, 11) is 0. The first-order valence-corrected chi connectivity index (χ1v) is 6.04. The van der Waals surface area contributed by atoms with Crippen LogP contribution >= 0.6 is 0 Å². The number of aryl methyl sites for hydroxylation is 1. The summed E-state index contributed by atoms with van der Waals surface area (Å²) in [5, 5.41) is 6.61. The largest absolute Gasteiger partial charge is 0.326 e. The molecule has 2 aromatic carbocycles. The van der Waals surface area contributed by atoms with Gasteiger partial charge in [0.2, 0.25) is 5.96 Å². The number of hydrogen-bond donors (Lipinski definition) is 2. The molecule has 0 aliphatic carbocycles. The van der Waals surface area contributed by atoms with Gasteiger partial charge < -0.3 is 10.6 Å². The Hall–Kier alpha value is -2.29. The first-order valence-electron chi connectivity index (χ1n) is 6.04. The van der Waals surface area contributed by atoms with Crippen molar-refractivity contribution in [1.29, 1.82) is 0 Å². The van der Waals surface area contributed by atoms with Crippen molar-refractivity contribution >= 4 is 17.3 Å². The number of aliphatic imine (C=N–C) groups is 1. The maximum absolute atomic E-state index is 4.49. The zero-order chi connectivity index (χ0) is 12.4. The Bertz CT molecular complexity index is 602. The van der Waals surface area contributed by atoms with Crippen molar-refractivity contribution < 1.29 is 0 Å². The molecule has 2 aromatic rings. The van der Waals surface area contributed by atoms with Crippen molar-refractivity contribution in [2.24, 2.45) is 4.99 Å². The second-order valence-electron chi connectivity index (χ2n) is 4.44. The van der Waals surface area contributed by atoms with E-state index in [-0.39, 0.29) is 0 Å². The third kappa shape index (κ3) is 2.20. The van der Waals surface area contributed by atoms with E-state index >= 15 is 0 Å². The van der Waals surface area contributed by atoms with Crippen LogP contribution in [0, 0.1) is 6.92 Å². The quantitative estimate of drug-likeness (QED) is 0.797. The molecule has 3 rings (SSSR count). The molecule has 18 heavy (non-hydrogen) atoms. The van der Waals surface area contributed by atoms with Gasteiger partial charge in [0, 0.05) is 11.4 Å². The molecule has 0 radical (unpaired) electrons. The Kier molecular flexibility index (Phi) is 2.73. The van der Waals surface area contributed by atoms with E-state index in [0.717, 1.165) is 23.9 Å². The van der Waals surface area contributed by atoms with Crippen molar-refractivity contribution in [3.05, 3.63) is 59.7 Å². The molecular weight excluding hydrogens is 222 g/mol. The lowest BCUT2D eigenvalue weighted by Crippen LogP contribution is -2.25. The summed E-state index contributed by atoms with van der Waals surface area (Å²) in [5.74, 6) is 0.805. The van der Waals surface area contributed by atoms with Crippen LogP contribution < -0.4 is 10.6 Å². The molecule has 1 aliphatic heterocycles. The smallest absolute Gasteiger partial charge is 0.200 e. The minimum absolute atomic E-state index is 0.720. The minimum atomic E-state index is 0.720. The van der Waals surface area contributed by atoms with Gasteiger partial charge in [-0.3, -0.25) is 0 Å². The van der Waals surface area contributed by atoms with Crippen molar-refractivity contribution in [2.45, 2.75) is 13.5 Å². The summed E-state index contributed by atoms with van der Waals surface area (Å²) in [4.78, 5) is 4.49. The third-order valence-electron chi connectivity index (χ3n) is 2.96. The SMILES string of the molecule is Cc1cccc(NC2=NCc3ccccc3N2)c1. The number of hydrogen-bond acceptors (Lipinski definition) is 3. The van der Waals surface area contributed by atoms with Gasteiger partial charge in [-0.2, -0.15) is 0 Å². The van der Waals surface area contributed by atoms with Gasteiger partial charge in [-0.1, -0.05) is 30.3 Å². The normalized spacial score (nSPS) is 13.3. The molecule has 0 amide bonds. The average Bonchev–Trinajstić information content (AvgIpc) is 2.39. The maximum atomic E-state index is 4.49. The zero-order valence-corrected chi connectivity index (χ0v) is 10.3. The number of nitrogens with zero attached hydrogens (tertiary/aromatic N) is 1. The van der Waals surface area contributed by atoms with Crippen LogP contribution in [0.1, 0.15) is 11.1 Å². The van der Waals surface area contributed by atoms with E-state index < -0.39 is 0 Å². The van der Waals surface area contributed by atoms with Gasteiger partial charge >= 0.3 is 0 Å². The van der Waals surface area contributed by atoms with Gasteiger partial charge in [0.15, 0.2) is 0 Å². The standard InChI is InChI=1S/C15H15N3/c1-11-5-4-7-13(9-11)17-15-16-10-12-6-2-3-8-14(12)18-15/h2-9H,10H2,1H3,(H2,16,17,18). The lowest BCUT2D eigenvalue weighted by Gasteiger charge is -2.19. The number of fused-ring (bicyclic) bond motifs is 1. The second-order valence-corrected chi connectivity index (χ2v) is 4.44. The van der Waals surface area contributed by atoms with E-state index in [1.807, 2.05) is 24.3 Å². The van der Waals surface area contributed by atoms with Crippen LogP contribution in [0.25, 0.3) is 0 Å². The molecule has 0 aromatic heterocycles. The summed E-state index contributed by atoms with van der Waals surface area (Å²) in [5.41, 5.74) is 4.65. The minimum Gasteiger partial charge on any atom is -0.326 e. The lowest BCUT2D eigenvalue weighted by molar-refractivity contribution is 1.04. The average molecular weight is 237 g/mol. The van der Waals surface area contributed by atoms with E-state index in [4.69, 9.17) is 0 Å².